The van der Waals surface area contributed by atoms with Gasteiger partial charge in [0, 0.05) is 79.2 Å². The summed E-state index contributed by atoms with van der Waals surface area (Å²) in [7, 11) is 2.16. The number of benzene rings is 2. The largest absolute Gasteiger partial charge is 0.369 e. The van der Waals surface area contributed by atoms with Crippen LogP contribution in [0, 0.1) is 13.8 Å². The van der Waals surface area contributed by atoms with Gasteiger partial charge in [-0.2, -0.15) is 4.98 Å². The zero-order valence-corrected chi connectivity index (χ0v) is 26.7. The Labute approximate surface area is 263 Å². The fraction of sp³-hybridized carbons (Fsp3) is 0.412. The fourth-order valence-electron chi connectivity index (χ4n) is 6.50. The molecule has 2 aliphatic heterocycles. The van der Waals surface area contributed by atoms with Crippen molar-refractivity contribution in [3.63, 3.8) is 0 Å². The van der Waals surface area contributed by atoms with Crippen LogP contribution >= 0.6 is 11.6 Å². The lowest BCUT2D eigenvalue weighted by atomic mass is 9.98. The Kier molecular flexibility index (Phi) is 8.60. The van der Waals surface area contributed by atoms with Crippen molar-refractivity contribution >= 4 is 45.9 Å². The molecule has 4 heterocycles. The summed E-state index contributed by atoms with van der Waals surface area (Å²) in [6.45, 7) is 11.2. The van der Waals surface area contributed by atoms with Crippen LogP contribution in [-0.2, 0) is 4.79 Å². The second-order valence-electron chi connectivity index (χ2n) is 12.0. The third-order valence-electron chi connectivity index (χ3n) is 9.09. The number of piperazine rings is 1. The van der Waals surface area contributed by atoms with E-state index in [4.69, 9.17) is 21.6 Å². The number of aryl methyl sites for hydroxylation is 2. The molecule has 0 saturated carbocycles. The number of fused-ring (bicyclic) bond motifs is 1. The predicted octanol–water partition coefficient (Wildman–Crippen LogP) is 5.80. The van der Waals surface area contributed by atoms with Crippen molar-refractivity contribution in [2.75, 3.05) is 56.5 Å². The van der Waals surface area contributed by atoms with Gasteiger partial charge in [0.15, 0.2) is 0 Å². The van der Waals surface area contributed by atoms with Crippen molar-refractivity contribution in [2.45, 2.75) is 46.1 Å². The molecular formula is C34H40ClN7O2. The van der Waals surface area contributed by atoms with Crippen molar-refractivity contribution < 1.29 is 4.79 Å². The molecule has 2 aliphatic rings. The summed E-state index contributed by atoms with van der Waals surface area (Å²) in [6, 6.07) is 13.6. The molecule has 1 N–H and O–H groups in total. The number of aromatic nitrogens is 3. The van der Waals surface area contributed by atoms with E-state index in [0.717, 1.165) is 61.2 Å². The number of pyridine rings is 1. The standard InChI is InChI=1S/C34H40ClN7O2/c1-5-30(43)41-14-8-9-25(21-41)42-32-27(23(3)31(33(42)44)26-10-6-7-11-28(26)35)20-36-34(38-32)37-29-13-12-24(19-22(29)2)40-17-15-39(4)16-18-40/h6-7,10-13,19-20,25H,5,8-9,14-18,21H2,1-4H3,(H,36,37,38). The van der Waals surface area contributed by atoms with Crippen molar-refractivity contribution in [3.8, 4) is 11.1 Å². The summed E-state index contributed by atoms with van der Waals surface area (Å²) in [5.74, 6) is 0.515. The second-order valence-corrected chi connectivity index (χ2v) is 12.4. The minimum atomic E-state index is -0.219. The lowest BCUT2D eigenvalue weighted by Gasteiger charge is -2.34. The van der Waals surface area contributed by atoms with Crippen LogP contribution in [0.25, 0.3) is 22.2 Å². The molecule has 10 heteroatoms. The lowest BCUT2D eigenvalue weighted by molar-refractivity contribution is -0.132. The highest BCUT2D eigenvalue weighted by atomic mass is 35.5. The summed E-state index contributed by atoms with van der Waals surface area (Å²) in [6.07, 6.45) is 3.81. The molecular weight excluding hydrogens is 574 g/mol. The van der Waals surface area contributed by atoms with E-state index in [0.29, 0.717) is 47.3 Å². The van der Waals surface area contributed by atoms with Gasteiger partial charge >= 0.3 is 0 Å². The Morgan fingerprint density at radius 2 is 1.84 bits per heavy atom. The minimum Gasteiger partial charge on any atom is -0.369 e. The third-order valence-corrected chi connectivity index (χ3v) is 9.42. The third kappa shape index (κ3) is 5.78. The fourth-order valence-corrected chi connectivity index (χ4v) is 6.73. The van der Waals surface area contributed by atoms with E-state index in [1.165, 1.54) is 5.69 Å². The molecule has 230 valence electrons. The molecule has 1 amide bonds. The average Bonchev–Trinajstić information content (AvgIpc) is 3.03. The summed E-state index contributed by atoms with van der Waals surface area (Å²) in [5.41, 5.74) is 5.63. The normalized spacial score (nSPS) is 17.7. The highest BCUT2D eigenvalue weighted by Crippen LogP contribution is 2.34. The smallest absolute Gasteiger partial charge is 0.260 e. The Morgan fingerprint density at radius 3 is 2.57 bits per heavy atom. The first-order chi connectivity index (χ1) is 21.2. The van der Waals surface area contributed by atoms with Crippen LogP contribution in [-0.4, -0.2) is 76.6 Å². The van der Waals surface area contributed by atoms with E-state index in [2.05, 4.69) is 47.3 Å². The summed E-state index contributed by atoms with van der Waals surface area (Å²) < 4.78 is 1.78. The van der Waals surface area contributed by atoms with Gasteiger partial charge in [-0.1, -0.05) is 36.7 Å². The molecule has 44 heavy (non-hydrogen) atoms. The molecule has 9 nitrogen and oxygen atoms in total. The van der Waals surface area contributed by atoms with E-state index in [1.54, 1.807) is 16.8 Å². The maximum atomic E-state index is 14.4. The van der Waals surface area contributed by atoms with Crippen molar-refractivity contribution in [1.29, 1.82) is 0 Å². The maximum absolute atomic E-state index is 14.4. The van der Waals surface area contributed by atoms with Crippen LogP contribution in [0.2, 0.25) is 5.02 Å². The van der Waals surface area contributed by atoms with Gasteiger partial charge in [-0.05, 0) is 69.1 Å². The summed E-state index contributed by atoms with van der Waals surface area (Å²) >= 11 is 6.63. The number of piperidine rings is 1. The molecule has 0 aliphatic carbocycles. The summed E-state index contributed by atoms with van der Waals surface area (Å²) in [5, 5.41) is 4.71. The first-order valence-corrected chi connectivity index (χ1v) is 15.9. The van der Waals surface area contributed by atoms with Crippen LogP contribution < -0.4 is 15.8 Å². The number of hydrogen-bond acceptors (Lipinski definition) is 7. The number of likely N-dealkylation sites (tertiary alicyclic amines) is 1. The van der Waals surface area contributed by atoms with Gasteiger partial charge in [0.05, 0.1) is 11.6 Å². The minimum absolute atomic E-state index is 0.0953. The van der Waals surface area contributed by atoms with Gasteiger partial charge in [0.25, 0.3) is 5.56 Å². The number of carbonyl (C=O) groups excluding carboxylic acids is 1. The molecule has 2 fully saturated rings. The molecule has 0 radical (unpaired) electrons. The molecule has 2 aromatic carbocycles. The number of amides is 1. The SMILES string of the molecule is CCC(=O)N1CCCC(n2c(=O)c(-c3ccccc3Cl)c(C)c3cnc(Nc4ccc(N5CCN(C)CC5)cc4C)nc32)C1. The first-order valence-electron chi connectivity index (χ1n) is 15.5. The van der Waals surface area contributed by atoms with E-state index < -0.39 is 0 Å². The number of nitrogens with one attached hydrogen (secondary N) is 1. The van der Waals surface area contributed by atoms with Crippen molar-refractivity contribution in [1.82, 2.24) is 24.3 Å². The molecule has 2 saturated heterocycles. The zero-order valence-electron chi connectivity index (χ0n) is 25.9. The molecule has 0 bridgehead atoms. The van der Waals surface area contributed by atoms with E-state index in [1.807, 2.05) is 36.9 Å². The first kappa shape index (κ1) is 30.1. The monoisotopic (exact) mass is 613 g/mol. The number of rotatable bonds is 6. The van der Waals surface area contributed by atoms with E-state index in [-0.39, 0.29) is 17.5 Å². The van der Waals surface area contributed by atoms with E-state index in [9.17, 15) is 9.59 Å². The quantitative estimate of drug-likeness (QED) is 0.294. The Hall–Kier alpha value is -3.95. The van der Waals surface area contributed by atoms with Gasteiger partial charge in [-0.25, -0.2) is 4.98 Å². The van der Waals surface area contributed by atoms with Gasteiger partial charge in [-0.15, -0.1) is 0 Å². The zero-order chi connectivity index (χ0) is 31.0. The molecule has 1 unspecified atom stereocenters. The molecule has 2 aromatic heterocycles. The predicted molar refractivity (Wildman–Crippen MR) is 178 cm³/mol. The Morgan fingerprint density at radius 1 is 1.07 bits per heavy atom. The van der Waals surface area contributed by atoms with Crippen LogP contribution in [0.1, 0.15) is 43.4 Å². The van der Waals surface area contributed by atoms with Crippen LogP contribution in [0.4, 0.5) is 17.3 Å². The number of nitrogens with zero attached hydrogens (tertiary/aromatic N) is 6. The molecule has 6 rings (SSSR count). The Bertz CT molecular complexity index is 1760. The topological polar surface area (TPSA) is 86.6 Å². The average molecular weight is 614 g/mol. The highest BCUT2D eigenvalue weighted by Gasteiger charge is 2.29. The van der Waals surface area contributed by atoms with Gasteiger partial charge in [0.2, 0.25) is 11.9 Å². The van der Waals surface area contributed by atoms with Gasteiger partial charge < -0.3 is 20.0 Å². The highest BCUT2D eigenvalue weighted by molar-refractivity contribution is 6.33. The Balaban J connectivity index is 1.42. The van der Waals surface area contributed by atoms with Crippen LogP contribution in [0.3, 0.4) is 0 Å². The number of likely N-dealkylation sites (N-methyl/N-ethyl adjacent to an activating group) is 1. The van der Waals surface area contributed by atoms with Crippen molar-refractivity contribution in [2.24, 2.45) is 0 Å². The molecule has 4 aromatic rings. The number of hydrogen-bond donors (Lipinski definition) is 1. The molecule has 0 spiro atoms. The summed E-state index contributed by atoms with van der Waals surface area (Å²) in [4.78, 5) is 43.4. The van der Waals surface area contributed by atoms with E-state index >= 15 is 0 Å². The van der Waals surface area contributed by atoms with Crippen molar-refractivity contribution in [3.05, 3.63) is 75.2 Å². The second kappa shape index (κ2) is 12.6. The maximum Gasteiger partial charge on any atom is 0.260 e. The van der Waals surface area contributed by atoms with Gasteiger partial charge in [-0.3, -0.25) is 14.2 Å². The number of anilines is 3. The lowest BCUT2D eigenvalue weighted by Crippen LogP contribution is -2.44. The van der Waals surface area contributed by atoms with Crippen LogP contribution in [0.5, 0.6) is 0 Å². The van der Waals surface area contributed by atoms with Crippen LogP contribution in [0.15, 0.2) is 53.5 Å². The number of carbonyl (C=O) groups is 1. The van der Waals surface area contributed by atoms with Gasteiger partial charge in [0.1, 0.15) is 5.65 Å². The molecule has 1 atom stereocenters. The number of halogens is 1.